The number of hydrogen-bond acceptors (Lipinski definition) is 4. The minimum absolute atomic E-state index is 0.0430. The van der Waals surface area contributed by atoms with Crippen LogP contribution in [0.25, 0.3) is 11.0 Å². The van der Waals surface area contributed by atoms with Crippen molar-refractivity contribution in [2.45, 2.75) is 18.9 Å². The Morgan fingerprint density at radius 2 is 1.59 bits per heavy atom. The molecule has 0 bridgehead atoms. The van der Waals surface area contributed by atoms with Gasteiger partial charge in [-0.25, -0.2) is 0 Å². The van der Waals surface area contributed by atoms with E-state index in [-0.39, 0.29) is 18.8 Å². The van der Waals surface area contributed by atoms with Crippen molar-refractivity contribution in [1.82, 2.24) is 15.0 Å². The molecular formula is C17H17N3O2. The summed E-state index contributed by atoms with van der Waals surface area (Å²) >= 11 is 0. The number of aliphatic hydroxyl groups excluding tert-OH is 1. The molecule has 5 heteroatoms. The highest BCUT2D eigenvalue weighted by atomic mass is 16.3. The summed E-state index contributed by atoms with van der Waals surface area (Å²) in [5.74, 6) is -0.0430. The van der Waals surface area contributed by atoms with Gasteiger partial charge < -0.3 is 5.11 Å². The third-order valence-electron chi connectivity index (χ3n) is 3.75. The van der Waals surface area contributed by atoms with Crippen LogP contribution in [0.4, 0.5) is 0 Å². The number of carbonyl (C=O) groups is 1. The van der Waals surface area contributed by atoms with Crippen LogP contribution in [0.15, 0.2) is 54.6 Å². The molecule has 3 rings (SSSR count). The molecule has 1 heterocycles. The number of aromatic nitrogens is 3. The lowest BCUT2D eigenvalue weighted by Gasteiger charge is -2.25. The fourth-order valence-electron chi connectivity index (χ4n) is 2.36. The van der Waals surface area contributed by atoms with Gasteiger partial charge >= 0.3 is 0 Å². The Hall–Kier alpha value is -2.53. The third-order valence-corrected chi connectivity index (χ3v) is 3.75. The summed E-state index contributed by atoms with van der Waals surface area (Å²) in [7, 11) is 0. The average molecular weight is 295 g/mol. The van der Waals surface area contributed by atoms with Crippen molar-refractivity contribution in [3.63, 3.8) is 0 Å². The number of fused-ring (bicyclic) bond motifs is 1. The largest absolute Gasteiger partial charge is 0.394 e. The lowest BCUT2D eigenvalue weighted by atomic mass is 9.93. The zero-order valence-corrected chi connectivity index (χ0v) is 12.3. The van der Waals surface area contributed by atoms with Crippen LogP contribution in [0.5, 0.6) is 0 Å². The van der Waals surface area contributed by atoms with Gasteiger partial charge in [-0.2, -0.15) is 15.0 Å². The summed E-state index contributed by atoms with van der Waals surface area (Å²) in [5.41, 5.74) is 1.24. The maximum absolute atomic E-state index is 12.4. The zero-order chi connectivity index (χ0) is 15.6. The number of Topliss-reactive ketones (excluding diaryl/α,β-unsaturated/α-hetero) is 1. The Labute approximate surface area is 128 Å². The van der Waals surface area contributed by atoms with Gasteiger partial charge in [0.1, 0.15) is 16.6 Å². The normalized spacial score (nSPS) is 13.9. The molecule has 0 radical (unpaired) electrons. The number of rotatable bonds is 5. The van der Waals surface area contributed by atoms with E-state index in [9.17, 15) is 9.90 Å². The van der Waals surface area contributed by atoms with E-state index in [1.807, 2.05) is 42.5 Å². The first-order valence-corrected chi connectivity index (χ1v) is 7.14. The molecule has 1 N–H and O–H groups in total. The minimum Gasteiger partial charge on any atom is -0.394 e. The summed E-state index contributed by atoms with van der Waals surface area (Å²) < 4.78 is 0. The highest BCUT2D eigenvalue weighted by Gasteiger charge is 2.32. The molecular weight excluding hydrogens is 278 g/mol. The van der Waals surface area contributed by atoms with Crippen molar-refractivity contribution in [3.05, 3.63) is 60.2 Å². The number of aliphatic hydroxyl groups is 1. The molecule has 112 valence electrons. The predicted octanol–water partition coefficient (Wildman–Crippen LogP) is 2.41. The number of benzene rings is 2. The summed E-state index contributed by atoms with van der Waals surface area (Å²) in [4.78, 5) is 13.9. The Kier molecular flexibility index (Phi) is 3.73. The average Bonchev–Trinajstić information content (AvgIpc) is 3.00. The van der Waals surface area contributed by atoms with Gasteiger partial charge in [0, 0.05) is 12.0 Å². The molecule has 1 unspecified atom stereocenters. The Balaban J connectivity index is 1.92. The van der Waals surface area contributed by atoms with Crippen LogP contribution in [0, 0.1) is 0 Å². The van der Waals surface area contributed by atoms with E-state index in [0.29, 0.717) is 5.56 Å². The molecule has 0 aliphatic heterocycles. The minimum atomic E-state index is -0.869. The number of hydrogen-bond donors (Lipinski definition) is 1. The third kappa shape index (κ3) is 2.63. The molecule has 2 aromatic carbocycles. The van der Waals surface area contributed by atoms with Crippen LogP contribution in [0.3, 0.4) is 0 Å². The summed E-state index contributed by atoms with van der Waals surface area (Å²) in [6, 6.07) is 16.5. The lowest BCUT2D eigenvalue weighted by molar-refractivity contribution is 0.0778. The summed E-state index contributed by atoms with van der Waals surface area (Å²) in [6.45, 7) is 1.57. The van der Waals surface area contributed by atoms with Gasteiger partial charge in [-0.05, 0) is 19.1 Å². The number of carbonyl (C=O) groups excluding carboxylic acids is 1. The van der Waals surface area contributed by atoms with Gasteiger partial charge in [-0.1, -0.05) is 42.5 Å². The molecule has 0 fully saturated rings. The van der Waals surface area contributed by atoms with Gasteiger partial charge in [-0.3, -0.25) is 4.79 Å². The van der Waals surface area contributed by atoms with Gasteiger partial charge in [0.15, 0.2) is 5.78 Å². The standard InChI is InChI=1S/C17H17N3O2/c1-17(12-21,11-16(22)13-7-3-2-4-8-13)20-18-14-9-5-6-10-15(14)19-20/h2-10,21H,11-12H2,1H3. The van der Waals surface area contributed by atoms with Crippen molar-refractivity contribution >= 4 is 16.8 Å². The lowest BCUT2D eigenvalue weighted by Crippen LogP contribution is -2.38. The van der Waals surface area contributed by atoms with E-state index in [1.54, 1.807) is 19.1 Å². The SMILES string of the molecule is CC(CO)(CC(=O)c1ccccc1)n1nc2ccccc2n1. The summed E-state index contributed by atoms with van der Waals surface area (Å²) in [5, 5.41) is 18.6. The number of ketones is 1. The van der Waals surface area contributed by atoms with Crippen molar-refractivity contribution in [1.29, 1.82) is 0 Å². The van der Waals surface area contributed by atoms with Crippen molar-refractivity contribution in [2.75, 3.05) is 6.61 Å². The Morgan fingerprint density at radius 1 is 1.05 bits per heavy atom. The molecule has 5 nitrogen and oxygen atoms in total. The first-order valence-electron chi connectivity index (χ1n) is 7.14. The van der Waals surface area contributed by atoms with Crippen LogP contribution in [-0.4, -0.2) is 32.5 Å². The van der Waals surface area contributed by atoms with Gasteiger partial charge in [-0.15, -0.1) is 0 Å². The monoisotopic (exact) mass is 295 g/mol. The van der Waals surface area contributed by atoms with Gasteiger partial charge in [0.2, 0.25) is 0 Å². The second-order valence-corrected chi connectivity index (χ2v) is 5.60. The van der Waals surface area contributed by atoms with Crippen molar-refractivity contribution in [2.24, 2.45) is 0 Å². The van der Waals surface area contributed by atoms with E-state index in [0.717, 1.165) is 11.0 Å². The molecule has 1 aromatic heterocycles. The number of nitrogens with zero attached hydrogens (tertiary/aromatic N) is 3. The van der Waals surface area contributed by atoms with E-state index < -0.39 is 5.54 Å². The summed E-state index contributed by atoms with van der Waals surface area (Å²) in [6.07, 6.45) is 0.133. The van der Waals surface area contributed by atoms with E-state index >= 15 is 0 Å². The quantitative estimate of drug-likeness (QED) is 0.734. The van der Waals surface area contributed by atoms with Crippen LogP contribution in [0.2, 0.25) is 0 Å². The molecule has 3 aromatic rings. The Morgan fingerprint density at radius 3 is 2.14 bits per heavy atom. The molecule has 0 aliphatic carbocycles. The van der Waals surface area contributed by atoms with Gasteiger partial charge in [0.25, 0.3) is 0 Å². The highest BCUT2D eigenvalue weighted by molar-refractivity contribution is 5.96. The molecule has 1 atom stereocenters. The van der Waals surface area contributed by atoms with Crippen molar-refractivity contribution < 1.29 is 9.90 Å². The highest BCUT2D eigenvalue weighted by Crippen LogP contribution is 2.22. The van der Waals surface area contributed by atoms with E-state index in [4.69, 9.17) is 0 Å². The van der Waals surface area contributed by atoms with E-state index in [1.165, 1.54) is 4.80 Å². The molecule has 0 spiro atoms. The van der Waals surface area contributed by atoms with E-state index in [2.05, 4.69) is 10.2 Å². The van der Waals surface area contributed by atoms with Crippen molar-refractivity contribution in [3.8, 4) is 0 Å². The van der Waals surface area contributed by atoms with Crippen LogP contribution in [0.1, 0.15) is 23.7 Å². The predicted molar refractivity (Wildman–Crippen MR) is 83.7 cm³/mol. The van der Waals surface area contributed by atoms with Crippen LogP contribution < -0.4 is 0 Å². The Bertz CT molecular complexity index is 765. The second kappa shape index (κ2) is 5.69. The van der Waals surface area contributed by atoms with Gasteiger partial charge in [0.05, 0.1) is 6.61 Å². The molecule has 0 aliphatic rings. The second-order valence-electron chi connectivity index (χ2n) is 5.60. The van der Waals surface area contributed by atoms with Crippen LogP contribution in [-0.2, 0) is 5.54 Å². The topological polar surface area (TPSA) is 68.0 Å². The molecule has 22 heavy (non-hydrogen) atoms. The van der Waals surface area contributed by atoms with Crippen LogP contribution >= 0.6 is 0 Å². The maximum atomic E-state index is 12.4. The maximum Gasteiger partial charge on any atom is 0.165 e. The fraction of sp³-hybridized carbons (Fsp3) is 0.235. The molecule has 0 amide bonds. The first-order chi connectivity index (χ1) is 10.6. The fourth-order valence-corrected chi connectivity index (χ4v) is 2.36. The first kappa shape index (κ1) is 14.4. The zero-order valence-electron chi connectivity index (χ0n) is 12.3. The smallest absolute Gasteiger partial charge is 0.165 e. The molecule has 0 saturated heterocycles. The molecule has 0 saturated carbocycles.